The quantitative estimate of drug-likeness (QED) is 0.856. The molecule has 2 aliphatic rings. The Morgan fingerprint density at radius 1 is 1.31 bits per heavy atom. The molecule has 1 atom stereocenters. The van der Waals surface area contributed by atoms with Gasteiger partial charge in [-0.2, -0.15) is 0 Å². The van der Waals surface area contributed by atoms with Crippen molar-refractivity contribution in [2.45, 2.75) is 25.4 Å². The Kier molecular flexibility index (Phi) is 4.27. The summed E-state index contributed by atoms with van der Waals surface area (Å²) in [5.74, 6) is -0.0621. The fourth-order valence-corrected chi connectivity index (χ4v) is 4.17. The Bertz CT molecular complexity index is 856. The zero-order chi connectivity index (χ0) is 18.3. The number of amides is 2. The number of alkyl halides is 1. The van der Waals surface area contributed by atoms with E-state index in [4.69, 9.17) is 5.11 Å². The lowest BCUT2D eigenvalue weighted by atomic mass is 10.1. The van der Waals surface area contributed by atoms with Gasteiger partial charge >= 0.3 is 6.09 Å². The summed E-state index contributed by atoms with van der Waals surface area (Å²) >= 11 is 1.14. The molecule has 2 aromatic rings. The Hall–Kier alpha value is -2.62. The Morgan fingerprint density at radius 2 is 2.08 bits per heavy atom. The van der Waals surface area contributed by atoms with E-state index in [9.17, 15) is 14.0 Å². The zero-order valence-electron chi connectivity index (χ0n) is 13.8. The number of anilines is 1. The number of halogens is 1. The number of fused-ring (bicyclic) bond motifs is 1. The van der Waals surface area contributed by atoms with Gasteiger partial charge in [0.15, 0.2) is 0 Å². The third-order valence-corrected chi connectivity index (χ3v) is 5.61. The van der Waals surface area contributed by atoms with Crippen LogP contribution in [-0.2, 0) is 6.42 Å². The number of carboxylic acid groups (broad SMARTS) is 1. The number of hydrogen-bond donors (Lipinski definition) is 1. The predicted molar refractivity (Wildman–Crippen MR) is 92.2 cm³/mol. The van der Waals surface area contributed by atoms with Crippen molar-refractivity contribution in [2.24, 2.45) is 0 Å². The predicted octanol–water partition coefficient (Wildman–Crippen LogP) is 2.21. The lowest BCUT2D eigenvalue weighted by Crippen LogP contribution is -2.40. The number of carbonyl (C=O) groups excluding carboxylic acids is 1. The monoisotopic (exact) mass is 377 g/mol. The molecule has 0 unspecified atom stereocenters. The van der Waals surface area contributed by atoms with Gasteiger partial charge in [-0.3, -0.25) is 4.79 Å². The largest absolute Gasteiger partial charge is 0.465 e. The molecule has 4 rings (SSSR count). The van der Waals surface area contributed by atoms with Gasteiger partial charge < -0.3 is 10.0 Å². The van der Waals surface area contributed by atoms with E-state index in [2.05, 4.69) is 15.0 Å². The first-order valence-corrected chi connectivity index (χ1v) is 9.10. The number of aromatic nitrogens is 3. The second-order valence-corrected chi connectivity index (χ2v) is 7.24. The molecule has 4 heterocycles. The molecular weight excluding hydrogens is 361 g/mol. The molecule has 1 N–H and O–H groups in total. The van der Waals surface area contributed by atoms with Crippen LogP contribution in [0.1, 0.15) is 28.2 Å². The maximum atomic E-state index is 13.5. The molecule has 0 aliphatic carbocycles. The van der Waals surface area contributed by atoms with Crippen molar-refractivity contribution in [2.75, 3.05) is 24.5 Å². The van der Waals surface area contributed by atoms with Gasteiger partial charge in [0.05, 0.1) is 12.2 Å². The molecule has 8 nitrogen and oxygen atoms in total. The molecule has 0 radical (unpaired) electrons. The standard InChI is InChI=1S/C16H16FN5O3S/c17-10-2-1-4-21(8-10)15-18-6-9(7-19-15)13-20-11-3-5-22(16(24)25)14(23)12(11)26-13/h6-7,10H,1-5,8H2,(H,24,25)/t10-/m0/s1. The molecule has 0 bridgehead atoms. The van der Waals surface area contributed by atoms with E-state index < -0.39 is 18.2 Å². The van der Waals surface area contributed by atoms with Crippen LogP contribution in [0.25, 0.3) is 10.6 Å². The van der Waals surface area contributed by atoms with Crippen LogP contribution >= 0.6 is 11.3 Å². The van der Waals surface area contributed by atoms with Crippen LogP contribution in [0.2, 0.25) is 0 Å². The van der Waals surface area contributed by atoms with Crippen molar-refractivity contribution in [1.29, 1.82) is 0 Å². The highest BCUT2D eigenvalue weighted by Gasteiger charge is 2.32. The Labute approximate surface area is 152 Å². The second kappa shape index (κ2) is 6.60. The lowest BCUT2D eigenvalue weighted by molar-refractivity contribution is 0.0731. The van der Waals surface area contributed by atoms with E-state index in [0.717, 1.165) is 29.2 Å². The van der Waals surface area contributed by atoms with Gasteiger partial charge in [0.2, 0.25) is 5.95 Å². The molecular formula is C16H16FN5O3S. The van der Waals surface area contributed by atoms with Crippen LogP contribution < -0.4 is 4.90 Å². The normalized spacial score (nSPS) is 20.2. The molecule has 0 aromatic carbocycles. The average Bonchev–Trinajstić information content (AvgIpc) is 3.07. The van der Waals surface area contributed by atoms with Gasteiger partial charge in [0.25, 0.3) is 5.91 Å². The topological polar surface area (TPSA) is 99.5 Å². The van der Waals surface area contributed by atoms with E-state index in [1.807, 2.05) is 4.90 Å². The van der Waals surface area contributed by atoms with Gasteiger partial charge in [-0.15, -0.1) is 11.3 Å². The van der Waals surface area contributed by atoms with Crippen LogP contribution in [0.15, 0.2) is 12.4 Å². The smallest absolute Gasteiger partial charge is 0.414 e. The highest BCUT2D eigenvalue weighted by molar-refractivity contribution is 7.17. The summed E-state index contributed by atoms with van der Waals surface area (Å²) in [5, 5.41) is 9.64. The number of imide groups is 1. The van der Waals surface area contributed by atoms with E-state index in [0.29, 0.717) is 46.5 Å². The molecule has 2 amide bonds. The van der Waals surface area contributed by atoms with Crippen molar-refractivity contribution in [1.82, 2.24) is 19.9 Å². The fourth-order valence-electron chi connectivity index (χ4n) is 3.14. The van der Waals surface area contributed by atoms with Crippen molar-refractivity contribution < 1.29 is 19.1 Å². The molecule has 2 aromatic heterocycles. The number of carbonyl (C=O) groups is 2. The molecule has 10 heteroatoms. The van der Waals surface area contributed by atoms with E-state index >= 15 is 0 Å². The summed E-state index contributed by atoms with van der Waals surface area (Å²) in [7, 11) is 0. The van der Waals surface area contributed by atoms with Crippen LogP contribution in [0.5, 0.6) is 0 Å². The maximum absolute atomic E-state index is 13.5. The van der Waals surface area contributed by atoms with Crippen molar-refractivity contribution in [3.63, 3.8) is 0 Å². The van der Waals surface area contributed by atoms with Crippen molar-refractivity contribution in [3.05, 3.63) is 23.0 Å². The number of rotatable bonds is 2. The van der Waals surface area contributed by atoms with Crippen LogP contribution in [0.3, 0.4) is 0 Å². The first-order valence-electron chi connectivity index (χ1n) is 8.29. The minimum atomic E-state index is -1.25. The number of hydrogen-bond acceptors (Lipinski definition) is 7. The van der Waals surface area contributed by atoms with Crippen molar-refractivity contribution in [3.8, 4) is 10.6 Å². The SMILES string of the molecule is O=C(O)N1CCc2nc(-c3cnc(N4CCC[C@H](F)C4)nc3)sc2C1=O. The summed E-state index contributed by atoms with van der Waals surface area (Å²) in [6.07, 6.45) is 2.84. The lowest BCUT2D eigenvalue weighted by Gasteiger charge is -2.28. The minimum Gasteiger partial charge on any atom is -0.465 e. The van der Waals surface area contributed by atoms with Gasteiger partial charge in [-0.05, 0) is 12.8 Å². The van der Waals surface area contributed by atoms with E-state index in [1.165, 1.54) is 0 Å². The zero-order valence-corrected chi connectivity index (χ0v) is 14.6. The first kappa shape index (κ1) is 16.8. The molecule has 26 heavy (non-hydrogen) atoms. The fraction of sp³-hybridized carbons (Fsp3) is 0.438. The van der Waals surface area contributed by atoms with E-state index in [-0.39, 0.29) is 6.54 Å². The molecule has 0 spiro atoms. The second-order valence-electron chi connectivity index (χ2n) is 6.24. The molecule has 0 saturated carbocycles. The maximum Gasteiger partial charge on any atom is 0.414 e. The summed E-state index contributed by atoms with van der Waals surface area (Å²) in [6.45, 7) is 1.13. The molecule has 136 valence electrons. The first-order chi connectivity index (χ1) is 12.5. The number of thiazole rings is 1. The summed E-state index contributed by atoms with van der Waals surface area (Å²) in [4.78, 5) is 39.4. The van der Waals surface area contributed by atoms with Crippen LogP contribution in [0.4, 0.5) is 15.1 Å². The minimum absolute atomic E-state index is 0.110. The third kappa shape index (κ3) is 3.00. The van der Waals surface area contributed by atoms with Crippen LogP contribution in [0, 0.1) is 0 Å². The highest BCUT2D eigenvalue weighted by Crippen LogP contribution is 2.31. The molecule has 2 aliphatic heterocycles. The average molecular weight is 377 g/mol. The van der Waals surface area contributed by atoms with Gasteiger partial charge in [-0.25, -0.2) is 29.0 Å². The van der Waals surface area contributed by atoms with Gasteiger partial charge in [0, 0.05) is 37.5 Å². The third-order valence-electron chi connectivity index (χ3n) is 4.47. The number of piperidine rings is 1. The van der Waals surface area contributed by atoms with Crippen LogP contribution in [-0.4, -0.2) is 62.8 Å². The van der Waals surface area contributed by atoms with Gasteiger partial charge in [0.1, 0.15) is 16.1 Å². The van der Waals surface area contributed by atoms with Crippen molar-refractivity contribution >= 4 is 29.3 Å². The Balaban J connectivity index is 1.57. The Morgan fingerprint density at radius 3 is 2.77 bits per heavy atom. The molecule has 1 saturated heterocycles. The highest BCUT2D eigenvalue weighted by atomic mass is 32.1. The summed E-state index contributed by atoms with van der Waals surface area (Å²) < 4.78 is 13.5. The van der Waals surface area contributed by atoms with E-state index in [1.54, 1.807) is 12.4 Å². The van der Waals surface area contributed by atoms with Gasteiger partial charge in [-0.1, -0.05) is 0 Å². The summed E-state index contributed by atoms with van der Waals surface area (Å²) in [5.41, 5.74) is 1.25. The summed E-state index contributed by atoms with van der Waals surface area (Å²) in [6, 6.07) is 0. The number of nitrogens with zero attached hydrogens (tertiary/aromatic N) is 5. The molecule has 1 fully saturated rings.